The molecule has 154 valence electrons. The van der Waals surface area contributed by atoms with Gasteiger partial charge in [-0.2, -0.15) is 0 Å². The SMILES string of the molecule is COc1ccc(NC2=C(C3COCC(=O)N3Cc3ccccc3)CC=NC=C2)cn1. The first-order chi connectivity index (χ1) is 14.7. The molecule has 4 rings (SSSR count). The standard InChI is InChI=1S/C23H24N4O3/c1-29-22-8-7-18(13-25-22)26-20-10-12-24-11-9-19(20)21-15-30-16-23(28)27(21)14-17-5-3-2-4-6-17/h2-8,10-13,21,26H,9,14-16H2,1H3. The molecule has 30 heavy (non-hydrogen) atoms. The highest BCUT2D eigenvalue weighted by Gasteiger charge is 2.32. The lowest BCUT2D eigenvalue weighted by Gasteiger charge is -2.37. The predicted octanol–water partition coefficient (Wildman–Crippen LogP) is 3.17. The molecule has 1 aromatic heterocycles. The number of morpholine rings is 1. The number of aromatic nitrogens is 1. The highest BCUT2D eigenvalue weighted by Crippen LogP contribution is 2.26. The summed E-state index contributed by atoms with van der Waals surface area (Å²) in [6.45, 7) is 1.09. The van der Waals surface area contributed by atoms with Crippen molar-refractivity contribution in [3.8, 4) is 5.88 Å². The second kappa shape index (κ2) is 9.37. The van der Waals surface area contributed by atoms with Gasteiger partial charge in [-0.3, -0.25) is 9.79 Å². The van der Waals surface area contributed by atoms with E-state index in [-0.39, 0.29) is 18.6 Å². The molecule has 0 saturated carbocycles. The molecule has 0 spiro atoms. The maximum Gasteiger partial charge on any atom is 0.249 e. The van der Waals surface area contributed by atoms with E-state index >= 15 is 0 Å². The van der Waals surface area contributed by atoms with Crippen LogP contribution in [0.3, 0.4) is 0 Å². The van der Waals surface area contributed by atoms with E-state index < -0.39 is 0 Å². The van der Waals surface area contributed by atoms with Crippen LogP contribution in [-0.2, 0) is 16.1 Å². The summed E-state index contributed by atoms with van der Waals surface area (Å²) >= 11 is 0. The van der Waals surface area contributed by atoms with Crippen molar-refractivity contribution in [2.45, 2.75) is 19.0 Å². The number of allylic oxidation sites excluding steroid dienone is 1. The Morgan fingerprint density at radius 2 is 2.10 bits per heavy atom. The second-order valence-electron chi connectivity index (χ2n) is 7.04. The molecule has 3 heterocycles. The largest absolute Gasteiger partial charge is 0.481 e. The lowest BCUT2D eigenvalue weighted by molar-refractivity contribution is -0.147. The molecule has 0 bridgehead atoms. The van der Waals surface area contributed by atoms with Crippen LogP contribution in [0.2, 0.25) is 0 Å². The number of hydrogen-bond donors (Lipinski definition) is 1. The summed E-state index contributed by atoms with van der Waals surface area (Å²) in [5.41, 5.74) is 3.85. The number of benzene rings is 1. The van der Waals surface area contributed by atoms with E-state index in [9.17, 15) is 4.79 Å². The number of nitrogens with one attached hydrogen (secondary N) is 1. The molecular weight excluding hydrogens is 380 g/mol. The first-order valence-electron chi connectivity index (χ1n) is 9.84. The number of pyridine rings is 1. The molecule has 0 aliphatic carbocycles. The third-order valence-corrected chi connectivity index (χ3v) is 5.11. The van der Waals surface area contributed by atoms with Gasteiger partial charge in [0.15, 0.2) is 0 Å². The molecular formula is C23H24N4O3. The quantitative estimate of drug-likeness (QED) is 0.800. The number of nitrogens with zero attached hydrogens (tertiary/aromatic N) is 3. The molecule has 0 radical (unpaired) electrons. The molecule has 1 N–H and O–H groups in total. The number of ether oxygens (including phenoxy) is 2. The minimum atomic E-state index is -0.186. The Kier molecular flexibility index (Phi) is 6.20. The molecule has 7 nitrogen and oxygen atoms in total. The van der Waals surface area contributed by atoms with Crippen LogP contribution in [0.4, 0.5) is 5.69 Å². The van der Waals surface area contributed by atoms with Gasteiger partial charge in [0.25, 0.3) is 0 Å². The van der Waals surface area contributed by atoms with Crippen molar-refractivity contribution in [2.24, 2.45) is 4.99 Å². The normalized spacial score (nSPS) is 19.0. The second-order valence-corrected chi connectivity index (χ2v) is 7.04. The number of carbonyl (C=O) groups excluding carboxylic acids is 1. The zero-order valence-electron chi connectivity index (χ0n) is 16.8. The Morgan fingerprint density at radius 3 is 2.87 bits per heavy atom. The van der Waals surface area contributed by atoms with Crippen LogP contribution in [0.25, 0.3) is 0 Å². The first-order valence-corrected chi connectivity index (χ1v) is 9.84. The van der Waals surface area contributed by atoms with Gasteiger partial charge in [-0.1, -0.05) is 30.3 Å². The van der Waals surface area contributed by atoms with E-state index in [4.69, 9.17) is 9.47 Å². The van der Waals surface area contributed by atoms with Crippen LogP contribution in [0.5, 0.6) is 5.88 Å². The summed E-state index contributed by atoms with van der Waals surface area (Å²) < 4.78 is 10.8. The van der Waals surface area contributed by atoms with Gasteiger partial charge < -0.3 is 19.7 Å². The fraction of sp³-hybridized carbons (Fsp3) is 0.261. The molecule has 7 heteroatoms. The maximum absolute atomic E-state index is 12.8. The minimum Gasteiger partial charge on any atom is -0.481 e. The van der Waals surface area contributed by atoms with Crippen LogP contribution >= 0.6 is 0 Å². The molecule has 1 aromatic carbocycles. The van der Waals surface area contributed by atoms with Gasteiger partial charge in [0, 0.05) is 37.1 Å². The predicted molar refractivity (Wildman–Crippen MR) is 115 cm³/mol. The lowest BCUT2D eigenvalue weighted by atomic mass is 9.98. The number of anilines is 1. The van der Waals surface area contributed by atoms with E-state index in [2.05, 4.69) is 15.3 Å². The Balaban J connectivity index is 1.65. The third-order valence-electron chi connectivity index (χ3n) is 5.11. The van der Waals surface area contributed by atoms with Gasteiger partial charge in [-0.25, -0.2) is 4.98 Å². The molecule has 1 fully saturated rings. The summed E-state index contributed by atoms with van der Waals surface area (Å²) in [6.07, 6.45) is 7.85. The molecule has 2 aliphatic heterocycles. The lowest BCUT2D eigenvalue weighted by Crippen LogP contribution is -2.50. The highest BCUT2D eigenvalue weighted by atomic mass is 16.5. The van der Waals surface area contributed by atoms with E-state index in [1.54, 1.807) is 25.6 Å². The minimum absolute atomic E-state index is 0.0155. The van der Waals surface area contributed by atoms with Crippen LogP contribution < -0.4 is 10.1 Å². The molecule has 1 amide bonds. The smallest absolute Gasteiger partial charge is 0.249 e. The summed E-state index contributed by atoms with van der Waals surface area (Å²) in [7, 11) is 1.59. The number of hydrogen-bond acceptors (Lipinski definition) is 6. The van der Waals surface area contributed by atoms with Crippen molar-refractivity contribution in [3.63, 3.8) is 0 Å². The number of carbonyl (C=O) groups is 1. The highest BCUT2D eigenvalue weighted by molar-refractivity contribution is 5.79. The van der Waals surface area contributed by atoms with Gasteiger partial charge in [-0.05, 0) is 23.3 Å². The zero-order valence-corrected chi connectivity index (χ0v) is 16.8. The van der Waals surface area contributed by atoms with E-state index in [0.717, 1.165) is 22.5 Å². The van der Waals surface area contributed by atoms with Crippen molar-refractivity contribution in [1.82, 2.24) is 9.88 Å². The average Bonchev–Trinajstić information content (AvgIpc) is 3.02. The fourth-order valence-corrected chi connectivity index (χ4v) is 3.59. The molecule has 1 unspecified atom stereocenters. The summed E-state index contributed by atoms with van der Waals surface area (Å²) in [5, 5.41) is 3.42. The van der Waals surface area contributed by atoms with E-state index in [0.29, 0.717) is 25.5 Å². The molecule has 1 atom stereocenters. The maximum atomic E-state index is 12.8. The summed E-state index contributed by atoms with van der Waals surface area (Å²) in [5.74, 6) is 0.535. The fourth-order valence-electron chi connectivity index (χ4n) is 3.59. The van der Waals surface area contributed by atoms with Gasteiger partial charge in [0.05, 0.1) is 31.6 Å². The summed E-state index contributed by atoms with van der Waals surface area (Å²) in [4.78, 5) is 23.2. The van der Waals surface area contributed by atoms with Gasteiger partial charge >= 0.3 is 0 Å². The van der Waals surface area contributed by atoms with E-state index in [1.807, 2.05) is 53.6 Å². The molecule has 2 aromatic rings. The van der Waals surface area contributed by atoms with Crippen LogP contribution in [0, 0.1) is 0 Å². The zero-order chi connectivity index (χ0) is 20.8. The monoisotopic (exact) mass is 404 g/mol. The number of rotatable bonds is 6. The molecule has 1 saturated heterocycles. The van der Waals surface area contributed by atoms with E-state index in [1.165, 1.54) is 0 Å². The van der Waals surface area contributed by atoms with Crippen molar-refractivity contribution < 1.29 is 14.3 Å². The van der Waals surface area contributed by atoms with Gasteiger partial charge in [0.2, 0.25) is 11.8 Å². The Bertz CT molecular complexity index is 968. The Labute approximate surface area is 175 Å². The number of methoxy groups -OCH3 is 1. The number of aliphatic imine (C=N–C) groups is 1. The summed E-state index contributed by atoms with van der Waals surface area (Å²) in [6, 6.07) is 13.5. The topological polar surface area (TPSA) is 76.1 Å². The van der Waals surface area contributed by atoms with Crippen molar-refractivity contribution in [1.29, 1.82) is 0 Å². The van der Waals surface area contributed by atoms with Crippen molar-refractivity contribution in [3.05, 3.63) is 77.8 Å². The van der Waals surface area contributed by atoms with Crippen LogP contribution in [0.1, 0.15) is 12.0 Å². The van der Waals surface area contributed by atoms with Crippen molar-refractivity contribution >= 4 is 17.8 Å². The van der Waals surface area contributed by atoms with Gasteiger partial charge in [0.1, 0.15) is 6.61 Å². The number of amides is 1. The average molecular weight is 404 g/mol. The van der Waals surface area contributed by atoms with Gasteiger partial charge in [-0.15, -0.1) is 0 Å². The third kappa shape index (κ3) is 4.58. The molecule has 2 aliphatic rings. The van der Waals surface area contributed by atoms with Crippen LogP contribution in [-0.4, -0.2) is 48.4 Å². The van der Waals surface area contributed by atoms with Crippen molar-refractivity contribution in [2.75, 3.05) is 25.6 Å². The Morgan fingerprint density at radius 1 is 1.23 bits per heavy atom. The Hall–Kier alpha value is -3.45. The van der Waals surface area contributed by atoms with Crippen LogP contribution in [0.15, 0.2) is 77.2 Å². The first kappa shape index (κ1) is 19.8.